The molecule has 0 bridgehead atoms. The molecule has 31 heavy (non-hydrogen) atoms. The van der Waals surface area contributed by atoms with Gasteiger partial charge in [0.1, 0.15) is 0 Å². The van der Waals surface area contributed by atoms with Crippen molar-refractivity contribution in [2.45, 2.75) is 12.2 Å². The second kappa shape index (κ2) is 8.96. The number of rotatable bonds is 7. The highest BCUT2D eigenvalue weighted by Gasteiger charge is 2.27. The van der Waals surface area contributed by atoms with Crippen LogP contribution in [-0.2, 0) is 15.8 Å². The second-order valence-electron chi connectivity index (χ2n) is 7.52. The van der Waals surface area contributed by atoms with Crippen LogP contribution in [0.5, 0.6) is 0 Å². The van der Waals surface area contributed by atoms with Gasteiger partial charge in [-0.3, -0.25) is 9.78 Å². The van der Waals surface area contributed by atoms with Gasteiger partial charge in [-0.25, -0.2) is 13.2 Å². The monoisotopic (exact) mass is 463 g/mol. The van der Waals surface area contributed by atoms with E-state index >= 15 is 0 Å². The van der Waals surface area contributed by atoms with Crippen LogP contribution < -0.4 is 5.76 Å². The standard InChI is InChI=1S/C21H22ClN3O5S/c22-17-4-1-15(2-5-17)14-31(28,29)25-11-9-24(10-12-25)8-7-19(26)16-3-6-18-20(13-16)30-21(27)23-18/h1-6,13H,7-12,14H2,(H,23,27). The Kier molecular flexibility index (Phi) is 6.29. The fourth-order valence-electron chi connectivity index (χ4n) is 3.64. The van der Waals surface area contributed by atoms with E-state index in [4.69, 9.17) is 16.0 Å². The minimum atomic E-state index is -3.41. The number of carbonyl (C=O) groups excluding carboxylic acids is 1. The topological polar surface area (TPSA) is 104 Å². The smallest absolute Gasteiger partial charge is 0.408 e. The van der Waals surface area contributed by atoms with E-state index in [0.717, 1.165) is 0 Å². The maximum Gasteiger partial charge on any atom is 0.417 e. The lowest BCUT2D eigenvalue weighted by molar-refractivity contribution is 0.0952. The van der Waals surface area contributed by atoms with Crippen molar-refractivity contribution in [2.24, 2.45) is 0 Å². The van der Waals surface area contributed by atoms with Crippen molar-refractivity contribution >= 4 is 38.5 Å². The highest BCUT2D eigenvalue weighted by Crippen LogP contribution is 2.17. The van der Waals surface area contributed by atoms with Gasteiger partial charge in [0.25, 0.3) is 0 Å². The molecule has 0 unspecified atom stereocenters. The Morgan fingerprint density at radius 3 is 2.48 bits per heavy atom. The van der Waals surface area contributed by atoms with E-state index in [2.05, 4.69) is 9.88 Å². The number of piperazine rings is 1. The summed E-state index contributed by atoms with van der Waals surface area (Å²) >= 11 is 5.86. The molecule has 1 N–H and O–H groups in total. The Bertz CT molecular complexity index is 1240. The van der Waals surface area contributed by atoms with Gasteiger partial charge in [-0.05, 0) is 35.9 Å². The van der Waals surface area contributed by atoms with Gasteiger partial charge in [-0.1, -0.05) is 23.7 Å². The number of aromatic nitrogens is 1. The zero-order valence-electron chi connectivity index (χ0n) is 16.7. The Hall–Kier alpha value is -2.46. The van der Waals surface area contributed by atoms with E-state index in [-0.39, 0.29) is 11.5 Å². The number of halogens is 1. The molecule has 8 nitrogen and oxygen atoms in total. The van der Waals surface area contributed by atoms with Crippen LogP contribution in [0.2, 0.25) is 5.02 Å². The van der Waals surface area contributed by atoms with Gasteiger partial charge in [0.05, 0.1) is 11.3 Å². The molecule has 1 saturated heterocycles. The van der Waals surface area contributed by atoms with Crippen LogP contribution in [-0.4, -0.2) is 61.1 Å². The largest absolute Gasteiger partial charge is 0.417 e. The van der Waals surface area contributed by atoms with Gasteiger partial charge < -0.3 is 9.32 Å². The molecule has 4 rings (SSSR count). The van der Waals surface area contributed by atoms with Crippen molar-refractivity contribution in [3.63, 3.8) is 0 Å². The summed E-state index contributed by atoms with van der Waals surface area (Å²) in [4.78, 5) is 28.4. The minimum absolute atomic E-state index is 0.0523. The molecule has 0 radical (unpaired) electrons. The molecule has 164 valence electrons. The molecule has 3 aromatic rings. The molecule has 2 aromatic carbocycles. The summed E-state index contributed by atoms with van der Waals surface area (Å²) in [5, 5.41) is 0.571. The third-order valence-corrected chi connectivity index (χ3v) is 7.49. The van der Waals surface area contributed by atoms with Crippen molar-refractivity contribution in [3.05, 3.63) is 69.2 Å². The summed E-state index contributed by atoms with van der Waals surface area (Å²) in [6, 6.07) is 11.7. The molecule has 1 aliphatic rings. The lowest BCUT2D eigenvalue weighted by Gasteiger charge is -2.33. The van der Waals surface area contributed by atoms with E-state index in [9.17, 15) is 18.0 Å². The van der Waals surface area contributed by atoms with E-state index in [1.165, 1.54) is 4.31 Å². The molecular weight excluding hydrogens is 442 g/mol. The molecule has 0 amide bonds. The quantitative estimate of drug-likeness (QED) is 0.540. The molecule has 1 aromatic heterocycles. The fourth-order valence-corrected chi connectivity index (χ4v) is 5.28. The van der Waals surface area contributed by atoms with Gasteiger partial charge >= 0.3 is 5.76 Å². The Labute approximate surface area is 184 Å². The van der Waals surface area contributed by atoms with E-state index < -0.39 is 15.8 Å². The zero-order chi connectivity index (χ0) is 22.0. The minimum Gasteiger partial charge on any atom is -0.408 e. The SMILES string of the molecule is O=C(CCN1CCN(S(=O)(=O)Cc2ccc(Cl)cc2)CC1)c1ccc2[nH]c(=O)oc2c1. The van der Waals surface area contributed by atoms with Crippen LogP contribution in [0.3, 0.4) is 0 Å². The molecule has 0 atom stereocenters. The molecule has 10 heteroatoms. The number of ketones is 1. The third kappa shape index (κ3) is 5.24. The molecule has 0 spiro atoms. The predicted molar refractivity (Wildman–Crippen MR) is 118 cm³/mol. The number of nitrogens with one attached hydrogen (secondary N) is 1. The van der Waals surface area contributed by atoms with Gasteiger partial charge in [0.15, 0.2) is 11.4 Å². The molecule has 1 aliphatic heterocycles. The summed E-state index contributed by atoms with van der Waals surface area (Å²) in [5.74, 6) is -0.660. The predicted octanol–water partition coefficient (Wildman–Crippen LogP) is 2.49. The van der Waals surface area contributed by atoms with Gasteiger partial charge in [-0.15, -0.1) is 0 Å². The van der Waals surface area contributed by atoms with Crippen LogP contribution in [0.15, 0.2) is 51.7 Å². The fraction of sp³-hybridized carbons (Fsp3) is 0.333. The first-order chi connectivity index (χ1) is 14.8. The number of oxazole rings is 1. The maximum atomic E-state index is 12.7. The Morgan fingerprint density at radius 2 is 1.77 bits per heavy atom. The highest BCUT2D eigenvalue weighted by molar-refractivity contribution is 7.88. The van der Waals surface area contributed by atoms with E-state index in [1.54, 1.807) is 42.5 Å². The average molecular weight is 464 g/mol. The van der Waals surface area contributed by atoms with Gasteiger partial charge in [0, 0.05) is 49.7 Å². The third-order valence-electron chi connectivity index (χ3n) is 5.39. The molecule has 2 heterocycles. The summed E-state index contributed by atoms with van der Waals surface area (Å²) in [5.41, 5.74) is 2.10. The number of benzene rings is 2. The molecule has 1 fully saturated rings. The van der Waals surface area contributed by atoms with Crippen LogP contribution in [0.1, 0.15) is 22.3 Å². The lowest BCUT2D eigenvalue weighted by Crippen LogP contribution is -2.49. The number of Topliss-reactive ketones (excluding diaryl/α,β-unsaturated/α-hetero) is 1. The Balaban J connectivity index is 1.28. The number of sulfonamides is 1. The number of H-pyrrole nitrogens is 1. The van der Waals surface area contributed by atoms with Crippen LogP contribution in [0.25, 0.3) is 11.1 Å². The van der Waals surface area contributed by atoms with Gasteiger partial charge in [0.2, 0.25) is 10.0 Å². The van der Waals surface area contributed by atoms with Crippen LogP contribution in [0.4, 0.5) is 0 Å². The maximum absolute atomic E-state index is 12.7. The molecular formula is C21H22ClN3O5S. The zero-order valence-corrected chi connectivity index (χ0v) is 18.3. The summed E-state index contributed by atoms with van der Waals surface area (Å²) in [6.45, 7) is 2.46. The first kappa shape index (κ1) is 21.8. The number of hydrogen-bond donors (Lipinski definition) is 1. The van der Waals surface area contributed by atoms with Crippen LogP contribution >= 0.6 is 11.6 Å². The number of fused-ring (bicyclic) bond motifs is 1. The molecule has 0 aliphatic carbocycles. The summed E-state index contributed by atoms with van der Waals surface area (Å²) in [7, 11) is -3.41. The van der Waals surface area contributed by atoms with Crippen molar-refractivity contribution in [1.29, 1.82) is 0 Å². The first-order valence-electron chi connectivity index (χ1n) is 9.91. The summed E-state index contributed by atoms with van der Waals surface area (Å²) < 4.78 is 31.9. The van der Waals surface area contributed by atoms with Crippen molar-refractivity contribution < 1.29 is 17.6 Å². The number of hydrogen-bond acceptors (Lipinski definition) is 6. The van der Waals surface area contributed by atoms with Crippen molar-refractivity contribution in [1.82, 2.24) is 14.2 Å². The van der Waals surface area contributed by atoms with E-state index in [1.807, 2.05) is 0 Å². The van der Waals surface area contributed by atoms with Crippen LogP contribution in [0, 0.1) is 0 Å². The number of nitrogens with zero attached hydrogens (tertiary/aromatic N) is 2. The van der Waals surface area contributed by atoms with E-state index in [0.29, 0.717) is 66.4 Å². The number of carbonyl (C=O) groups is 1. The highest BCUT2D eigenvalue weighted by atomic mass is 35.5. The Morgan fingerprint density at radius 1 is 1.06 bits per heavy atom. The molecule has 0 saturated carbocycles. The first-order valence-corrected chi connectivity index (χ1v) is 11.9. The normalized spacial score (nSPS) is 16.0. The van der Waals surface area contributed by atoms with Gasteiger partial charge in [-0.2, -0.15) is 4.31 Å². The lowest BCUT2D eigenvalue weighted by atomic mass is 10.1. The average Bonchev–Trinajstić information content (AvgIpc) is 3.13. The van der Waals surface area contributed by atoms with Crippen molar-refractivity contribution in [2.75, 3.05) is 32.7 Å². The number of aromatic amines is 1. The summed E-state index contributed by atoms with van der Waals surface area (Å²) in [6.07, 6.45) is 0.303. The van der Waals surface area contributed by atoms with Crippen molar-refractivity contribution in [3.8, 4) is 0 Å². The second-order valence-corrected chi connectivity index (χ2v) is 9.93.